The van der Waals surface area contributed by atoms with Crippen LogP contribution < -0.4 is 0 Å². The second-order valence-electron chi connectivity index (χ2n) is 7.93. The van der Waals surface area contributed by atoms with Gasteiger partial charge in [-0.1, -0.05) is 47.5 Å². The minimum Gasteiger partial charge on any atom is -0.435 e. The second kappa shape index (κ2) is 8.77. The lowest BCUT2D eigenvalue weighted by Gasteiger charge is -2.31. The maximum atomic E-state index is 12.3. The zero-order chi connectivity index (χ0) is 16.7. The van der Waals surface area contributed by atoms with E-state index in [1.54, 1.807) is 0 Å². The van der Waals surface area contributed by atoms with Crippen LogP contribution in [0.4, 0.5) is 0 Å². The molecule has 0 saturated heterocycles. The van der Waals surface area contributed by atoms with Crippen molar-refractivity contribution in [3.05, 3.63) is 0 Å². The van der Waals surface area contributed by atoms with Gasteiger partial charge in [0.2, 0.25) is 6.29 Å². The van der Waals surface area contributed by atoms with Gasteiger partial charge in [0.25, 0.3) is 0 Å². The van der Waals surface area contributed by atoms with Gasteiger partial charge in [-0.3, -0.25) is 4.79 Å². The Hall–Kier alpha value is -0.570. The maximum Gasteiger partial charge on any atom is 0.313 e. The molecule has 0 aromatic rings. The number of unbranched alkanes of at least 4 members (excludes halogenated alkanes) is 1. The lowest BCUT2D eigenvalue weighted by Crippen LogP contribution is -2.35. The zero-order valence-corrected chi connectivity index (χ0v) is 15.4. The fraction of sp³-hybridized carbons (Fsp3) is 0.944. The van der Waals surface area contributed by atoms with Crippen molar-refractivity contribution in [3.8, 4) is 0 Å². The summed E-state index contributed by atoms with van der Waals surface area (Å²) in [6.07, 6.45) is 4.45. The molecule has 0 bridgehead atoms. The number of carbonyl (C=O) groups is 1. The van der Waals surface area contributed by atoms with Gasteiger partial charge in [-0.05, 0) is 39.0 Å². The first kappa shape index (κ1) is 20.4. The van der Waals surface area contributed by atoms with E-state index in [0.717, 1.165) is 32.1 Å². The lowest BCUT2D eigenvalue weighted by molar-refractivity contribution is -0.204. The summed E-state index contributed by atoms with van der Waals surface area (Å²) in [7, 11) is 0. The standard InChI is InChI=1S/C18H36O3/c1-9-11-12-14(3)20-15(13-17(4,5)6)21-16(19)18(7,8)10-2/h14-15H,9-13H2,1-8H3. The van der Waals surface area contributed by atoms with Crippen LogP contribution in [0.5, 0.6) is 0 Å². The molecule has 3 nitrogen and oxygen atoms in total. The fourth-order valence-electron chi connectivity index (χ4n) is 1.86. The van der Waals surface area contributed by atoms with Gasteiger partial charge in [0.15, 0.2) is 0 Å². The molecule has 2 atom stereocenters. The molecule has 0 rings (SSSR count). The van der Waals surface area contributed by atoms with E-state index in [4.69, 9.17) is 9.47 Å². The summed E-state index contributed by atoms with van der Waals surface area (Å²) in [4.78, 5) is 12.3. The number of esters is 1. The highest BCUT2D eigenvalue weighted by atomic mass is 16.7. The summed E-state index contributed by atoms with van der Waals surface area (Å²) in [5, 5.41) is 0. The van der Waals surface area contributed by atoms with E-state index in [1.807, 2.05) is 20.8 Å². The van der Waals surface area contributed by atoms with E-state index in [9.17, 15) is 4.79 Å². The van der Waals surface area contributed by atoms with Crippen molar-refractivity contribution in [1.82, 2.24) is 0 Å². The molecule has 0 aromatic carbocycles. The molecule has 0 N–H and O–H groups in total. The van der Waals surface area contributed by atoms with Gasteiger partial charge in [-0.25, -0.2) is 0 Å². The number of ether oxygens (including phenoxy) is 2. The average molecular weight is 300 g/mol. The van der Waals surface area contributed by atoms with Crippen LogP contribution in [0, 0.1) is 10.8 Å². The van der Waals surface area contributed by atoms with E-state index in [0.29, 0.717) is 0 Å². The molecule has 0 fully saturated rings. The molecule has 2 unspecified atom stereocenters. The van der Waals surface area contributed by atoms with Crippen molar-refractivity contribution in [3.63, 3.8) is 0 Å². The molecule has 3 heteroatoms. The molecule has 0 saturated carbocycles. The van der Waals surface area contributed by atoms with Gasteiger partial charge in [-0.2, -0.15) is 0 Å². The van der Waals surface area contributed by atoms with E-state index in [1.165, 1.54) is 0 Å². The topological polar surface area (TPSA) is 35.5 Å². The van der Waals surface area contributed by atoms with Crippen LogP contribution in [-0.2, 0) is 14.3 Å². The van der Waals surface area contributed by atoms with Crippen molar-refractivity contribution in [2.24, 2.45) is 10.8 Å². The number of rotatable bonds is 9. The van der Waals surface area contributed by atoms with E-state index >= 15 is 0 Å². The smallest absolute Gasteiger partial charge is 0.313 e. The fourth-order valence-corrected chi connectivity index (χ4v) is 1.86. The predicted octanol–water partition coefficient (Wildman–Crippen LogP) is 5.32. The van der Waals surface area contributed by atoms with Crippen molar-refractivity contribution in [2.45, 2.75) is 99.9 Å². The van der Waals surface area contributed by atoms with Crippen molar-refractivity contribution in [2.75, 3.05) is 0 Å². The molecular formula is C18H36O3. The Morgan fingerprint density at radius 2 is 1.67 bits per heavy atom. The molecule has 0 aliphatic heterocycles. The Morgan fingerprint density at radius 3 is 2.10 bits per heavy atom. The van der Waals surface area contributed by atoms with Crippen LogP contribution in [0.15, 0.2) is 0 Å². The molecule has 0 aliphatic carbocycles. The first-order valence-corrected chi connectivity index (χ1v) is 8.38. The SMILES string of the molecule is CCCCC(C)OC(CC(C)(C)C)OC(=O)C(C)(C)CC. The van der Waals surface area contributed by atoms with Gasteiger partial charge in [0.05, 0.1) is 11.5 Å². The van der Waals surface area contributed by atoms with Crippen LogP contribution in [-0.4, -0.2) is 18.4 Å². The highest BCUT2D eigenvalue weighted by molar-refractivity contribution is 5.75. The highest BCUT2D eigenvalue weighted by Gasteiger charge is 2.32. The number of hydrogen-bond acceptors (Lipinski definition) is 3. The predicted molar refractivity (Wildman–Crippen MR) is 88.1 cm³/mol. The molecule has 0 heterocycles. The zero-order valence-electron chi connectivity index (χ0n) is 15.4. The molecule has 21 heavy (non-hydrogen) atoms. The normalized spacial score (nSPS) is 15.6. The Labute approximate surface area is 131 Å². The lowest BCUT2D eigenvalue weighted by atomic mass is 9.90. The number of carbonyl (C=O) groups excluding carboxylic acids is 1. The largest absolute Gasteiger partial charge is 0.435 e. The summed E-state index contributed by atoms with van der Waals surface area (Å²) in [6.45, 7) is 16.5. The quantitative estimate of drug-likeness (QED) is 0.427. The van der Waals surface area contributed by atoms with Crippen molar-refractivity contribution >= 4 is 5.97 Å². The van der Waals surface area contributed by atoms with Crippen molar-refractivity contribution < 1.29 is 14.3 Å². The van der Waals surface area contributed by atoms with Crippen LogP contribution in [0.3, 0.4) is 0 Å². The second-order valence-corrected chi connectivity index (χ2v) is 7.93. The van der Waals surface area contributed by atoms with Crippen molar-refractivity contribution in [1.29, 1.82) is 0 Å². The summed E-state index contributed by atoms with van der Waals surface area (Å²) in [6, 6.07) is 0. The third-order valence-corrected chi connectivity index (χ3v) is 3.80. The Kier molecular flexibility index (Phi) is 8.53. The summed E-state index contributed by atoms with van der Waals surface area (Å²) < 4.78 is 11.7. The highest BCUT2D eigenvalue weighted by Crippen LogP contribution is 2.28. The Morgan fingerprint density at radius 1 is 1.10 bits per heavy atom. The molecular weight excluding hydrogens is 264 g/mol. The van der Waals surface area contributed by atoms with Crippen LogP contribution >= 0.6 is 0 Å². The molecule has 0 aromatic heterocycles. The third kappa shape index (κ3) is 9.13. The van der Waals surface area contributed by atoms with Gasteiger partial charge in [-0.15, -0.1) is 0 Å². The maximum absolute atomic E-state index is 12.3. The van der Waals surface area contributed by atoms with Gasteiger partial charge < -0.3 is 9.47 Å². The van der Waals surface area contributed by atoms with Gasteiger partial charge in [0, 0.05) is 6.42 Å². The minimum atomic E-state index is -0.452. The summed E-state index contributed by atoms with van der Waals surface area (Å²) in [5.41, 5.74) is -0.391. The Bertz CT molecular complexity index is 302. The summed E-state index contributed by atoms with van der Waals surface area (Å²) >= 11 is 0. The Balaban J connectivity index is 4.71. The summed E-state index contributed by atoms with van der Waals surface area (Å²) in [5.74, 6) is -0.165. The first-order valence-electron chi connectivity index (χ1n) is 8.38. The first-order chi connectivity index (χ1) is 9.51. The molecule has 0 amide bonds. The van der Waals surface area contributed by atoms with Gasteiger partial charge >= 0.3 is 5.97 Å². The monoisotopic (exact) mass is 300 g/mol. The number of hydrogen-bond donors (Lipinski definition) is 0. The third-order valence-electron chi connectivity index (χ3n) is 3.80. The molecule has 0 aliphatic rings. The molecule has 0 radical (unpaired) electrons. The van der Waals surface area contributed by atoms with E-state index in [-0.39, 0.29) is 17.5 Å². The van der Waals surface area contributed by atoms with Crippen LogP contribution in [0.25, 0.3) is 0 Å². The van der Waals surface area contributed by atoms with E-state index < -0.39 is 11.7 Å². The van der Waals surface area contributed by atoms with Crippen LogP contribution in [0.1, 0.15) is 87.5 Å². The van der Waals surface area contributed by atoms with E-state index in [2.05, 4.69) is 34.6 Å². The minimum absolute atomic E-state index is 0.0613. The van der Waals surface area contributed by atoms with Gasteiger partial charge in [0.1, 0.15) is 0 Å². The van der Waals surface area contributed by atoms with Crippen LogP contribution in [0.2, 0.25) is 0 Å². The molecule has 126 valence electrons. The average Bonchev–Trinajstić information content (AvgIpc) is 2.34. The molecule has 0 spiro atoms.